The first-order valence-electron chi connectivity index (χ1n) is 8.90. The molecule has 2 aliphatic rings. The van der Waals surface area contributed by atoms with Crippen molar-refractivity contribution in [2.24, 2.45) is 0 Å². The maximum atomic E-state index is 12.3. The summed E-state index contributed by atoms with van der Waals surface area (Å²) in [4.78, 5) is 38.1. The Kier molecular flexibility index (Phi) is 7.24. The lowest BCUT2D eigenvalue weighted by Crippen LogP contribution is -2.53. The standard InChI is InChI=1S/C16H25F3N4O3/c17-16(18,19)10-14(25)23-8-6-22(7-9-23)11-13(24)21-15(26)20-12-4-2-1-3-5-12/h12H,1-11H2,(H2,20,21,24,26). The summed E-state index contributed by atoms with van der Waals surface area (Å²) < 4.78 is 36.8. The minimum absolute atomic E-state index is 0.0284. The number of imide groups is 1. The van der Waals surface area contributed by atoms with Gasteiger partial charge < -0.3 is 10.2 Å². The van der Waals surface area contributed by atoms with Crippen LogP contribution in [0.5, 0.6) is 0 Å². The Morgan fingerprint density at radius 1 is 0.962 bits per heavy atom. The molecule has 0 radical (unpaired) electrons. The van der Waals surface area contributed by atoms with Crippen LogP contribution in [-0.2, 0) is 9.59 Å². The fraction of sp³-hybridized carbons (Fsp3) is 0.812. The molecule has 0 aromatic rings. The minimum Gasteiger partial charge on any atom is -0.340 e. The smallest absolute Gasteiger partial charge is 0.340 e. The zero-order valence-corrected chi connectivity index (χ0v) is 14.6. The highest BCUT2D eigenvalue weighted by Crippen LogP contribution is 2.21. The first-order valence-corrected chi connectivity index (χ1v) is 8.90. The van der Waals surface area contributed by atoms with Crippen LogP contribution in [0.2, 0.25) is 0 Å². The van der Waals surface area contributed by atoms with Gasteiger partial charge in [0.15, 0.2) is 0 Å². The Hall–Kier alpha value is -1.84. The third kappa shape index (κ3) is 7.19. The summed E-state index contributed by atoms with van der Waals surface area (Å²) in [6.45, 7) is 0.828. The van der Waals surface area contributed by atoms with Gasteiger partial charge in [-0.3, -0.25) is 19.8 Å². The molecule has 7 nitrogen and oxygen atoms in total. The molecule has 1 saturated heterocycles. The topological polar surface area (TPSA) is 81.8 Å². The second kappa shape index (κ2) is 9.20. The van der Waals surface area contributed by atoms with Crippen LogP contribution < -0.4 is 10.6 Å². The van der Waals surface area contributed by atoms with E-state index >= 15 is 0 Å². The van der Waals surface area contributed by atoms with Crippen molar-refractivity contribution >= 4 is 17.8 Å². The number of carbonyl (C=O) groups excluding carboxylic acids is 3. The van der Waals surface area contributed by atoms with Crippen molar-refractivity contribution in [3.63, 3.8) is 0 Å². The summed E-state index contributed by atoms with van der Waals surface area (Å²) in [6.07, 6.45) is -0.859. The number of nitrogens with zero attached hydrogens (tertiary/aromatic N) is 2. The molecule has 10 heteroatoms. The van der Waals surface area contributed by atoms with Gasteiger partial charge in [0, 0.05) is 32.2 Å². The number of alkyl halides is 3. The Morgan fingerprint density at radius 2 is 1.58 bits per heavy atom. The average molecular weight is 378 g/mol. The Labute approximate surface area is 150 Å². The van der Waals surface area contributed by atoms with Gasteiger partial charge in [0.2, 0.25) is 11.8 Å². The lowest BCUT2D eigenvalue weighted by Gasteiger charge is -2.34. The van der Waals surface area contributed by atoms with Crippen molar-refractivity contribution in [3.8, 4) is 0 Å². The highest BCUT2D eigenvalue weighted by molar-refractivity contribution is 5.95. The van der Waals surface area contributed by atoms with Gasteiger partial charge in [-0.05, 0) is 12.8 Å². The SMILES string of the molecule is O=C(CN1CCN(C(=O)CC(F)(F)F)CC1)NC(=O)NC1CCCCC1. The predicted molar refractivity (Wildman–Crippen MR) is 87.2 cm³/mol. The molecular weight excluding hydrogens is 353 g/mol. The molecule has 1 saturated carbocycles. The van der Waals surface area contributed by atoms with Crippen molar-refractivity contribution in [3.05, 3.63) is 0 Å². The average Bonchev–Trinajstić information content (AvgIpc) is 2.54. The van der Waals surface area contributed by atoms with Gasteiger partial charge in [0.1, 0.15) is 6.42 Å². The molecule has 148 valence electrons. The van der Waals surface area contributed by atoms with Crippen molar-refractivity contribution < 1.29 is 27.6 Å². The van der Waals surface area contributed by atoms with E-state index < -0.39 is 30.4 Å². The maximum Gasteiger partial charge on any atom is 0.397 e. The molecule has 1 heterocycles. The molecule has 0 aromatic heterocycles. The molecule has 2 fully saturated rings. The highest BCUT2D eigenvalue weighted by atomic mass is 19.4. The fourth-order valence-corrected chi connectivity index (χ4v) is 3.28. The minimum atomic E-state index is -4.51. The van der Waals surface area contributed by atoms with Crippen LogP contribution in [0.1, 0.15) is 38.5 Å². The Morgan fingerprint density at radius 3 is 2.15 bits per heavy atom. The lowest BCUT2D eigenvalue weighted by atomic mass is 9.96. The number of urea groups is 1. The summed E-state index contributed by atoms with van der Waals surface area (Å²) in [5, 5.41) is 5.06. The van der Waals surface area contributed by atoms with Crippen molar-refractivity contribution in [1.82, 2.24) is 20.4 Å². The Bertz CT molecular complexity index is 513. The molecule has 0 spiro atoms. The number of hydrogen-bond acceptors (Lipinski definition) is 4. The van der Waals surface area contributed by atoms with Crippen LogP contribution in [0.25, 0.3) is 0 Å². The van der Waals surface area contributed by atoms with Crippen LogP contribution in [0, 0.1) is 0 Å². The molecule has 26 heavy (non-hydrogen) atoms. The number of hydrogen-bond donors (Lipinski definition) is 2. The van der Waals surface area contributed by atoms with Gasteiger partial charge >= 0.3 is 12.2 Å². The summed E-state index contributed by atoms with van der Waals surface area (Å²) in [5.74, 6) is -1.41. The normalized spacial score (nSPS) is 19.9. The lowest BCUT2D eigenvalue weighted by molar-refractivity contribution is -0.162. The molecule has 0 unspecified atom stereocenters. The van der Waals surface area contributed by atoms with E-state index in [-0.39, 0.29) is 25.7 Å². The molecule has 0 aromatic carbocycles. The van der Waals surface area contributed by atoms with Crippen LogP contribution >= 0.6 is 0 Å². The first kappa shape index (κ1) is 20.5. The van der Waals surface area contributed by atoms with Gasteiger partial charge in [-0.15, -0.1) is 0 Å². The van der Waals surface area contributed by atoms with Crippen LogP contribution in [0.15, 0.2) is 0 Å². The first-order chi connectivity index (χ1) is 12.2. The van der Waals surface area contributed by atoms with E-state index in [1.54, 1.807) is 4.90 Å². The Balaban J connectivity index is 1.65. The quantitative estimate of drug-likeness (QED) is 0.771. The highest BCUT2D eigenvalue weighted by Gasteiger charge is 2.34. The molecule has 0 atom stereocenters. The molecule has 1 aliphatic carbocycles. The number of piperazine rings is 1. The van der Waals surface area contributed by atoms with E-state index in [2.05, 4.69) is 10.6 Å². The molecule has 1 aliphatic heterocycles. The predicted octanol–water partition coefficient (Wildman–Crippen LogP) is 1.24. The van der Waals surface area contributed by atoms with E-state index in [0.29, 0.717) is 13.1 Å². The largest absolute Gasteiger partial charge is 0.397 e. The monoisotopic (exact) mass is 378 g/mol. The van der Waals surface area contributed by atoms with Gasteiger partial charge in [-0.1, -0.05) is 19.3 Å². The molecule has 2 N–H and O–H groups in total. The van der Waals surface area contributed by atoms with E-state index in [1.165, 1.54) is 0 Å². The summed E-state index contributed by atoms with van der Waals surface area (Å²) in [6, 6.07) is -0.416. The van der Waals surface area contributed by atoms with Gasteiger partial charge in [0.25, 0.3) is 0 Å². The van der Waals surface area contributed by atoms with Crippen molar-refractivity contribution in [2.45, 2.75) is 50.7 Å². The van der Waals surface area contributed by atoms with Crippen LogP contribution in [0.3, 0.4) is 0 Å². The van der Waals surface area contributed by atoms with Crippen LogP contribution in [-0.4, -0.2) is 72.6 Å². The second-order valence-electron chi connectivity index (χ2n) is 6.81. The third-order valence-electron chi connectivity index (χ3n) is 4.64. The van der Waals surface area contributed by atoms with E-state index in [9.17, 15) is 27.6 Å². The summed E-state index contributed by atoms with van der Waals surface area (Å²) >= 11 is 0. The van der Waals surface area contributed by atoms with Gasteiger partial charge in [0.05, 0.1) is 6.54 Å². The van der Waals surface area contributed by atoms with Crippen molar-refractivity contribution in [1.29, 1.82) is 0 Å². The number of amides is 4. The number of carbonyl (C=O) groups is 3. The second-order valence-corrected chi connectivity index (χ2v) is 6.81. The van der Waals surface area contributed by atoms with E-state index in [1.807, 2.05) is 0 Å². The number of halogens is 3. The van der Waals surface area contributed by atoms with E-state index in [0.717, 1.165) is 37.0 Å². The van der Waals surface area contributed by atoms with Gasteiger partial charge in [-0.2, -0.15) is 13.2 Å². The number of rotatable bonds is 4. The molecule has 0 bridgehead atoms. The fourth-order valence-electron chi connectivity index (χ4n) is 3.28. The van der Waals surface area contributed by atoms with Crippen LogP contribution in [0.4, 0.5) is 18.0 Å². The summed E-state index contributed by atoms with van der Waals surface area (Å²) in [5.41, 5.74) is 0. The van der Waals surface area contributed by atoms with E-state index in [4.69, 9.17) is 0 Å². The summed E-state index contributed by atoms with van der Waals surface area (Å²) in [7, 11) is 0. The van der Waals surface area contributed by atoms with Crippen molar-refractivity contribution in [2.75, 3.05) is 32.7 Å². The molecule has 4 amide bonds. The molecule has 2 rings (SSSR count). The third-order valence-corrected chi connectivity index (χ3v) is 4.64. The molecular formula is C16H25F3N4O3. The zero-order chi connectivity index (χ0) is 19.2. The number of nitrogens with one attached hydrogen (secondary N) is 2. The maximum absolute atomic E-state index is 12.3. The van der Waals surface area contributed by atoms with Gasteiger partial charge in [-0.25, -0.2) is 4.79 Å². The zero-order valence-electron chi connectivity index (χ0n) is 14.6.